The topological polar surface area (TPSA) is 64.3 Å². The second kappa shape index (κ2) is 6.86. The highest BCUT2D eigenvalue weighted by atomic mass is 16.6. The molecule has 4 heteroatoms. The Morgan fingerprint density at radius 1 is 1.32 bits per heavy atom. The summed E-state index contributed by atoms with van der Waals surface area (Å²) in [6.07, 6.45) is 2.31. The highest BCUT2D eigenvalue weighted by Crippen LogP contribution is 2.32. The summed E-state index contributed by atoms with van der Waals surface area (Å²) in [4.78, 5) is 11.7. The lowest BCUT2D eigenvalue weighted by molar-refractivity contribution is 0.0523. The van der Waals surface area contributed by atoms with Crippen LogP contribution in [0.5, 0.6) is 0 Å². The Balaban J connectivity index is 2.82. The Labute approximate surface area is 133 Å². The number of alkyl carbamates (subject to hydrolysis) is 1. The summed E-state index contributed by atoms with van der Waals surface area (Å²) in [5, 5.41) is 2.76. The van der Waals surface area contributed by atoms with Crippen LogP contribution in [0, 0.1) is 0 Å². The normalized spacial score (nSPS) is 11.9. The minimum Gasteiger partial charge on any atom is -0.444 e. The van der Waals surface area contributed by atoms with Gasteiger partial charge in [-0.1, -0.05) is 32.1 Å². The number of benzene rings is 1. The third-order valence-corrected chi connectivity index (χ3v) is 3.34. The minimum atomic E-state index is -0.498. The van der Waals surface area contributed by atoms with Crippen LogP contribution >= 0.6 is 0 Å². The van der Waals surface area contributed by atoms with Crippen molar-refractivity contribution in [1.82, 2.24) is 5.32 Å². The summed E-state index contributed by atoms with van der Waals surface area (Å²) < 4.78 is 5.23. The first-order chi connectivity index (χ1) is 10.0. The molecule has 1 aromatic carbocycles. The largest absolute Gasteiger partial charge is 0.444 e. The van der Waals surface area contributed by atoms with Gasteiger partial charge in [0, 0.05) is 12.2 Å². The van der Waals surface area contributed by atoms with Gasteiger partial charge in [0.2, 0.25) is 0 Å². The first-order valence-electron chi connectivity index (χ1n) is 7.52. The van der Waals surface area contributed by atoms with Gasteiger partial charge in [0.15, 0.2) is 0 Å². The van der Waals surface area contributed by atoms with E-state index in [0.717, 1.165) is 23.2 Å². The van der Waals surface area contributed by atoms with Crippen molar-refractivity contribution in [3.63, 3.8) is 0 Å². The van der Waals surface area contributed by atoms with Crippen LogP contribution in [0.2, 0.25) is 0 Å². The Bertz CT molecular complexity index is 543. The Morgan fingerprint density at radius 2 is 1.95 bits per heavy atom. The second-order valence-electron chi connectivity index (χ2n) is 7.15. The Kier molecular flexibility index (Phi) is 5.64. The van der Waals surface area contributed by atoms with E-state index in [1.54, 1.807) is 0 Å². The maximum atomic E-state index is 11.7. The summed E-state index contributed by atoms with van der Waals surface area (Å²) in [5.74, 6) is 0. The molecule has 0 aliphatic rings. The molecule has 0 atom stereocenters. The fraction of sp³-hybridized carbons (Fsp3) is 0.500. The average Bonchev–Trinajstić information content (AvgIpc) is 2.35. The molecule has 0 aliphatic carbocycles. The molecule has 122 valence electrons. The van der Waals surface area contributed by atoms with E-state index >= 15 is 0 Å². The standard InChI is InChI=1S/C18H28N2O2/c1-7-10-18(5,6)14-11-13(8-9-15(14)19)12-20-16(21)22-17(2,3)4/h7-9,11H,1,10,12,19H2,2-6H3,(H,20,21). The molecule has 3 N–H and O–H groups in total. The van der Waals surface area contributed by atoms with Crippen LogP contribution in [0.4, 0.5) is 10.5 Å². The summed E-state index contributed by atoms with van der Waals surface area (Å²) >= 11 is 0. The lowest BCUT2D eigenvalue weighted by atomic mass is 9.80. The molecule has 1 aromatic rings. The molecule has 1 rings (SSSR count). The molecule has 0 saturated heterocycles. The van der Waals surface area contributed by atoms with Crippen LogP contribution < -0.4 is 11.1 Å². The molecule has 1 amide bonds. The molecule has 22 heavy (non-hydrogen) atoms. The first-order valence-corrected chi connectivity index (χ1v) is 7.52. The number of ether oxygens (including phenoxy) is 1. The third kappa shape index (κ3) is 5.43. The summed E-state index contributed by atoms with van der Waals surface area (Å²) in [5.41, 5.74) is 8.33. The van der Waals surface area contributed by atoms with Gasteiger partial charge >= 0.3 is 6.09 Å². The number of anilines is 1. The molecule has 0 saturated carbocycles. The van der Waals surface area contributed by atoms with Gasteiger partial charge in [0.25, 0.3) is 0 Å². The van der Waals surface area contributed by atoms with Crippen molar-refractivity contribution in [3.05, 3.63) is 42.0 Å². The number of rotatable bonds is 5. The van der Waals surface area contributed by atoms with Crippen LogP contribution in [0.3, 0.4) is 0 Å². The molecule has 0 heterocycles. The van der Waals surface area contributed by atoms with Crippen LogP contribution in [-0.4, -0.2) is 11.7 Å². The molecule has 0 spiro atoms. The van der Waals surface area contributed by atoms with Crippen molar-refractivity contribution in [2.75, 3.05) is 5.73 Å². The smallest absolute Gasteiger partial charge is 0.407 e. The highest BCUT2D eigenvalue weighted by molar-refractivity contribution is 5.67. The minimum absolute atomic E-state index is 0.0895. The van der Waals surface area contributed by atoms with Crippen molar-refractivity contribution in [2.24, 2.45) is 0 Å². The Morgan fingerprint density at radius 3 is 2.50 bits per heavy atom. The second-order valence-corrected chi connectivity index (χ2v) is 7.15. The SMILES string of the molecule is C=CCC(C)(C)c1cc(CNC(=O)OC(C)(C)C)ccc1N. The van der Waals surface area contributed by atoms with E-state index in [0.29, 0.717) is 6.54 Å². The maximum absolute atomic E-state index is 11.7. The molecule has 0 fully saturated rings. The van der Waals surface area contributed by atoms with E-state index in [2.05, 4.69) is 25.7 Å². The van der Waals surface area contributed by atoms with E-state index < -0.39 is 11.7 Å². The van der Waals surface area contributed by atoms with Crippen molar-refractivity contribution in [1.29, 1.82) is 0 Å². The number of carbonyl (C=O) groups excluding carboxylic acids is 1. The van der Waals surface area contributed by atoms with Gasteiger partial charge in [-0.3, -0.25) is 0 Å². The fourth-order valence-corrected chi connectivity index (χ4v) is 2.26. The van der Waals surface area contributed by atoms with Crippen molar-refractivity contribution >= 4 is 11.8 Å². The van der Waals surface area contributed by atoms with E-state index in [1.165, 1.54) is 0 Å². The summed E-state index contributed by atoms with van der Waals surface area (Å²) in [6, 6.07) is 5.84. The molecule has 0 aromatic heterocycles. The number of hydrogen-bond donors (Lipinski definition) is 2. The van der Waals surface area contributed by atoms with Crippen molar-refractivity contribution in [2.45, 2.75) is 58.6 Å². The van der Waals surface area contributed by atoms with Gasteiger partial charge in [0.1, 0.15) is 5.60 Å². The van der Waals surface area contributed by atoms with E-state index in [-0.39, 0.29) is 5.41 Å². The van der Waals surface area contributed by atoms with E-state index in [1.807, 2.05) is 45.0 Å². The van der Waals surface area contributed by atoms with Crippen LogP contribution in [-0.2, 0) is 16.7 Å². The lowest BCUT2D eigenvalue weighted by Gasteiger charge is -2.26. The zero-order chi connectivity index (χ0) is 17.0. The first kappa shape index (κ1) is 18.1. The van der Waals surface area contributed by atoms with Gasteiger partial charge in [-0.15, -0.1) is 6.58 Å². The number of nitrogen functional groups attached to an aromatic ring is 1. The zero-order valence-corrected chi connectivity index (χ0v) is 14.3. The van der Waals surface area contributed by atoms with Crippen molar-refractivity contribution in [3.8, 4) is 0 Å². The molecule has 4 nitrogen and oxygen atoms in total. The summed E-state index contributed by atoms with van der Waals surface area (Å²) in [7, 11) is 0. The van der Waals surface area contributed by atoms with Crippen LogP contribution in [0.25, 0.3) is 0 Å². The van der Waals surface area contributed by atoms with Gasteiger partial charge < -0.3 is 15.8 Å². The quantitative estimate of drug-likeness (QED) is 0.634. The zero-order valence-electron chi connectivity index (χ0n) is 14.3. The average molecular weight is 304 g/mol. The number of hydrogen-bond acceptors (Lipinski definition) is 3. The van der Waals surface area contributed by atoms with Gasteiger partial charge in [-0.2, -0.15) is 0 Å². The molecular weight excluding hydrogens is 276 g/mol. The number of nitrogens with two attached hydrogens (primary N) is 1. The summed E-state index contributed by atoms with van der Waals surface area (Å²) in [6.45, 7) is 14.0. The van der Waals surface area contributed by atoms with Gasteiger partial charge in [-0.05, 0) is 49.8 Å². The van der Waals surface area contributed by atoms with Gasteiger partial charge in [0.05, 0.1) is 0 Å². The predicted octanol–water partition coefficient (Wildman–Crippen LogP) is 4.15. The number of nitrogens with one attached hydrogen (secondary N) is 1. The third-order valence-electron chi connectivity index (χ3n) is 3.34. The monoisotopic (exact) mass is 304 g/mol. The molecule has 0 bridgehead atoms. The van der Waals surface area contributed by atoms with Gasteiger partial charge in [-0.25, -0.2) is 4.79 Å². The van der Waals surface area contributed by atoms with E-state index in [4.69, 9.17) is 10.5 Å². The van der Waals surface area contributed by atoms with Crippen LogP contribution in [0.1, 0.15) is 52.2 Å². The van der Waals surface area contributed by atoms with Crippen molar-refractivity contribution < 1.29 is 9.53 Å². The molecular formula is C18H28N2O2. The predicted molar refractivity (Wildman–Crippen MR) is 91.8 cm³/mol. The van der Waals surface area contributed by atoms with Crippen LogP contribution in [0.15, 0.2) is 30.9 Å². The number of amides is 1. The lowest BCUT2D eigenvalue weighted by Crippen LogP contribution is -2.32. The molecule has 0 unspecified atom stereocenters. The molecule has 0 aliphatic heterocycles. The molecule has 0 radical (unpaired) electrons. The Hall–Kier alpha value is -1.97. The van der Waals surface area contributed by atoms with E-state index in [9.17, 15) is 4.79 Å². The number of carbonyl (C=O) groups is 1. The fourth-order valence-electron chi connectivity index (χ4n) is 2.26. The maximum Gasteiger partial charge on any atom is 0.407 e. The highest BCUT2D eigenvalue weighted by Gasteiger charge is 2.22. The number of allylic oxidation sites excluding steroid dienone is 1.